The third kappa shape index (κ3) is 4.39. The molecule has 1 nitrogen and oxygen atoms in total. The summed E-state index contributed by atoms with van der Waals surface area (Å²) in [5, 5.41) is 7.67. The molecule has 0 amide bonds. The summed E-state index contributed by atoms with van der Waals surface area (Å²) in [7, 11) is 0. The van der Waals surface area contributed by atoms with Gasteiger partial charge in [0.25, 0.3) is 0 Å². The lowest BCUT2D eigenvalue weighted by Crippen LogP contribution is -2.33. The van der Waals surface area contributed by atoms with Crippen molar-refractivity contribution >= 4 is 11.3 Å². The molecule has 0 bridgehead atoms. The maximum Gasteiger partial charge on any atom is 0.159 e. The van der Waals surface area contributed by atoms with Crippen molar-refractivity contribution in [1.29, 1.82) is 0 Å². The quantitative estimate of drug-likeness (QED) is 0.808. The minimum absolute atomic E-state index is 0.245. The molecular formula is C16H19F2NS. The zero-order valence-corrected chi connectivity index (χ0v) is 12.4. The minimum atomic E-state index is -0.787. The van der Waals surface area contributed by atoms with E-state index < -0.39 is 11.6 Å². The van der Waals surface area contributed by atoms with E-state index in [0.29, 0.717) is 6.42 Å². The summed E-state index contributed by atoms with van der Waals surface area (Å²) in [6.45, 7) is 3.05. The van der Waals surface area contributed by atoms with Crippen molar-refractivity contribution in [1.82, 2.24) is 5.32 Å². The van der Waals surface area contributed by atoms with E-state index >= 15 is 0 Å². The van der Waals surface area contributed by atoms with Crippen LogP contribution in [-0.4, -0.2) is 12.6 Å². The molecule has 0 aliphatic carbocycles. The van der Waals surface area contributed by atoms with Crippen LogP contribution in [0.15, 0.2) is 35.0 Å². The average Bonchev–Trinajstić information content (AvgIpc) is 2.93. The summed E-state index contributed by atoms with van der Waals surface area (Å²) in [5.74, 6) is -1.56. The Labute approximate surface area is 122 Å². The Hall–Kier alpha value is -1.26. The monoisotopic (exact) mass is 295 g/mol. The minimum Gasteiger partial charge on any atom is -0.313 e. The van der Waals surface area contributed by atoms with Crippen molar-refractivity contribution in [2.24, 2.45) is 0 Å². The first kappa shape index (κ1) is 15.1. The van der Waals surface area contributed by atoms with Crippen LogP contribution in [0.25, 0.3) is 0 Å². The number of hydrogen-bond acceptors (Lipinski definition) is 2. The molecule has 0 fully saturated rings. The highest BCUT2D eigenvalue weighted by atomic mass is 32.1. The molecule has 0 saturated carbocycles. The van der Waals surface area contributed by atoms with E-state index in [2.05, 4.69) is 29.1 Å². The molecule has 1 aromatic heterocycles. The molecule has 0 radical (unpaired) electrons. The Bertz CT molecular complexity index is 525. The fourth-order valence-corrected chi connectivity index (χ4v) is 2.89. The molecule has 4 heteroatoms. The smallest absolute Gasteiger partial charge is 0.159 e. The Balaban J connectivity index is 2.04. The molecule has 0 aliphatic rings. The standard InChI is InChI=1S/C16H19F2NS/c1-2-6-19-14(9-13-5-7-20-11-13)8-12-3-4-15(17)16(18)10-12/h3-5,7,10-11,14,19H,2,6,8-9H2,1H3. The third-order valence-electron chi connectivity index (χ3n) is 3.21. The molecular weight excluding hydrogens is 276 g/mol. The first-order valence-electron chi connectivity index (χ1n) is 6.87. The van der Waals surface area contributed by atoms with Gasteiger partial charge in [-0.2, -0.15) is 11.3 Å². The van der Waals surface area contributed by atoms with Gasteiger partial charge in [0.05, 0.1) is 0 Å². The summed E-state index contributed by atoms with van der Waals surface area (Å²) < 4.78 is 26.2. The third-order valence-corrected chi connectivity index (χ3v) is 3.94. The number of rotatable bonds is 7. The molecule has 108 valence electrons. The Morgan fingerprint density at radius 1 is 1.10 bits per heavy atom. The van der Waals surface area contributed by atoms with Crippen molar-refractivity contribution in [2.45, 2.75) is 32.2 Å². The second-order valence-electron chi connectivity index (χ2n) is 4.94. The van der Waals surface area contributed by atoms with Crippen molar-refractivity contribution in [3.8, 4) is 0 Å². The van der Waals surface area contributed by atoms with Gasteiger partial charge in [0, 0.05) is 6.04 Å². The van der Waals surface area contributed by atoms with Crippen LogP contribution in [0, 0.1) is 11.6 Å². The molecule has 1 heterocycles. The second-order valence-corrected chi connectivity index (χ2v) is 5.72. The van der Waals surface area contributed by atoms with Crippen LogP contribution in [-0.2, 0) is 12.8 Å². The summed E-state index contributed by atoms with van der Waals surface area (Å²) in [5.41, 5.74) is 2.11. The van der Waals surface area contributed by atoms with Crippen molar-refractivity contribution < 1.29 is 8.78 Å². The van der Waals surface area contributed by atoms with Crippen molar-refractivity contribution in [3.05, 3.63) is 57.8 Å². The second kappa shape index (κ2) is 7.50. The van der Waals surface area contributed by atoms with Crippen LogP contribution in [0.1, 0.15) is 24.5 Å². The summed E-state index contributed by atoms with van der Waals surface area (Å²) in [4.78, 5) is 0. The summed E-state index contributed by atoms with van der Waals surface area (Å²) in [6.07, 6.45) is 2.66. The number of halogens is 2. The summed E-state index contributed by atoms with van der Waals surface area (Å²) >= 11 is 1.68. The largest absolute Gasteiger partial charge is 0.313 e. The fourth-order valence-electron chi connectivity index (χ4n) is 2.21. The van der Waals surface area contributed by atoms with Crippen molar-refractivity contribution in [2.75, 3.05) is 6.54 Å². The predicted molar refractivity (Wildman–Crippen MR) is 80.2 cm³/mol. The first-order chi connectivity index (χ1) is 9.69. The molecule has 0 aliphatic heterocycles. The zero-order valence-electron chi connectivity index (χ0n) is 11.5. The maximum atomic E-state index is 13.3. The molecule has 1 unspecified atom stereocenters. The van der Waals surface area contributed by atoms with Gasteiger partial charge in [-0.15, -0.1) is 0 Å². The Morgan fingerprint density at radius 3 is 2.55 bits per heavy atom. The number of thiophene rings is 1. The van der Waals surface area contributed by atoms with Crippen LogP contribution in [0.2, 0.25) is 0 Å². The van der Waals surface area contributed by atoms with Crippen LogP contribution >= 0.6 is 11.3 Å². The van der Waals surface area contributed by atoms with Crippen LogP contribution in [0.5, 0.6) is 0 Å². The Morgan fingerprint density at radius 2 is 1.90 bits per heavy atom. The van der Waals surface area contributed by atoms with Crippen LogP contribution < -0.4 is 5.32 Å². The van der Waals surface area contributed by atoms with E-state index in [9.17, 15) is 8.78 Å². The van der Waals surface area contributed by atoms with Crippen molar-refractivity contribution in [3.63, 3.8) is 0 Å². The molecule has 1 N–H and O–H groups in total. The average molecular weight is 295 g/mol. The summed E-state index contributed by atoms with van der Waals surface area (Å²) in [6, 6.07) is 6.51. The van der Waals surface area contributed by atoms with Crippen LogP contribution in [0.3, 0.4) is 0 Å². The number of hydrogen-bond donors (Lipinski definition) is 1. The van der Waals surface area contributed by atoms with E-state index in [1.165, 1.54) is 17.7 Å². The lowest BCUT2D eigenvalue weighted by molar-refractivity contribution is 0.492. The molecule has 1 atom stereocenters. The highest BCUT2D eigenvalue weighted by molar-refractivity contribution is 7.07. The van der Waals surface area contributed by atoms with Gasteiger partial charge in [-0.25, -0.2) is 8.78 Å². The van der Waals surface area contributed by atoms with Gasteiger partial charge in [-0.3, -0.25) is 0 Å². The zero-order chi connectivity index (χ0) is 14.4. The maximum absolute atomic E-state index is 13.3. The SMILES string of the molecule is CCCNC(Cc1ccsc1)Cc1ccc(F)c(F)c1. The number of nitrogens with one attached hydrogen (secondary N) is 1. The van der Waals surface area contributed by atoms with Gasteiger partial charge < -0.3 is 5.32 Å². The van der Waals surface area contributed by atoms with E-state index in [1.807, 2.05) is 0 Å². The molecule has 0 spiro atoms. The highest BCUT2D eigenvalue weighted by Crippen LogP contribution is 2.14. The molecule has 2 aromatic rings. The van der Waals surface area contributed by atoms with Gasteiger partial charge in [-0.1, -0.05) is 13.0 Å². The van der Waals surface area contributed by atoms with E-state index in [0.717, 1.165) is 24.9 Å². The van der Waals surface area contributed by atoms with E-state index in [1.54, 1.807) is 17.4 Å². The lowest BCUT2D eigenvalue weighted by Gasteiger charge is -2.18. The lowest BCUT2D eigenvalue weighted by atomic mass is 10.00. The fraction of sp³-hybridized carbons (Fsp3) is 0.375. The molecule has 2 rings (SSSR count). The topological polar surface area (TPSA) is 12.0 Å². The Kier molecular flexibility index (Phi) is 5.68. The van der Waals surface area contributed by atoms with E-state index in [-0.39, 0.29) is 6.04 Å². The normalized spacial score (nSPS) is 12.6. The first-order valence-corrected chi connectivity index (χ1v) is 7.81. The molecule has 0 saturated heterocycles. The highest BCUT2D eigenvalue weighted by Gasteiger charge is 2.12. The number of benzene rings is 1. The van der Waals surface area contributed by atoms with Gasteiger partial charge in [-0.05, 0) is 65.9 Å². The van der Waals surface area contributed by atoms with Gasteiger partial charge in [0.1, 0.15) is 0 Å². The van der Waals surface area contributed by atoms with E-state index in [4.69, 9.17) is 0 Å². The molecule has 1 aromatic carbocycles. The van der Waals surface area contributed by atoms with Gasteiger partial charge in [0.15, 0.2) is 11.6 Å². The van der Waals surface area contributed by atoms with Crippen LogP contribution in [0.4, 0.5) is 8.78 Å². The van der Waals surface area contributed by atoms with Gasteiger partial charge in [0.2, 0.25) is 0 Å². The van der Waals surface area contributed by atoms with Gasteiger partial charge >= 0.3 is 0 Å². The molecule has 20 heavy (non-hydrogen) atoms. The predicted octanol–water partition coefficient (Wildman–Crippen LogP) is 4.18.